The average Bonchev–Trinajstić information content (AvgIpc) is 2.91. The van der Waals surface area contributed by atoms with Gasteiger partial charge in [-0.2, -0.15) is 5.10 Å². The lowest BCUT2D eigenvalue weighted by atomic mass is 10.1. The number of carbonyl (C=O) groups excluding carboxylic acids is 1. The summed E-state index contributed by atoms with van der Waals surface area (Å²) in [6.45, 7) is 3.85. The van der Waals surface area contributed by atoms with Crippen LogP contribution >= 0.6 is 12.2 Å². The first-order valence-corrected chi connectivity index (χ1v) is 8.16. The monoisotopic (exact) mass is 354 g/mol. The van der Waals surface area contributed by atoms with Crippen LogP contribution in [-0.4, -0.2) is 25.8 Å². The Bertz CT molecular complexity index is 991. The first-order valence-electron chi connectivity index (χ1n) is 7.76. The van der Waals surface area contributed by atoms with Crippen molar-refractivity contribution in [3.63, 3.8) is 0 Å². The number of H-pyrrole nitrogens is 1. The van der Waals surface area contributed by atoms with Gasteiger partial charge in [-0.05, 0) is 49.8 Å². The molecule has 7 heteroatoms. The zero-order valence-electron chi connectivity index (χ0n) is 13.9. The maximum absolute atomic E-state index is 12.4. The molecule has 0 saturated carbocycles. The van der Waals surface area contributed by atoms with Crippen molar-refractivity contribution >= 4 is 23.8 Å². The number of nitrogens with zero attached hydrogens (tertiary/aromatic N) is 2. The SMILES string of the molecule is Cc1cccc(-c2n[nH]c(=S)n2CC(=O)Nc2ccc(C)cc2O)c1. The smallest absolute Gasteiger partial charge is 0.244 e. The third-order valence-corrected chi connectivity index (χ3v) is 4.08. The number of aromatic hydroxyl groups is 1. The Labute approximate surface area is 150 Å². The van der Waals surface area contributed by atoms with E-state index in [-0.39, 0.29) is 18.2 Å². The van der Waals surface area contributed by atoms with Crippen LogP contribution in [0.15, 0.2) is 42.5 Å². The fourth-order valence-corrected chi connectivity index (χ4v) is 2.75. The Morgan fingerprint density at radius 3 is 2.72 bits per heavy atom. The number of nitrogens with one attached hydrogen (secondary N) is 2. The van der Waals surface area contributed by atoms with Crippen LogP contribution in [0.4, 0.5) is 5.69 Å². The number of aromatic nitrogens is 3. The first-order chi connectivity index (χ1) is 11.9. The van der Waals surface area contributed by atoms with Crippen molar-refractivity contribution in [3.05, 3.63) is 58.4 Å². The number of benzene rings is 2. The zero-order chi connectivity index (χ0) is 18.0. The van der Waals surface area contributed by atoms with E-state index < -0.39 is 0 Å². The molecule has 3 aromatic rings. The van der Waals surface area contributed by atoms with Gasteiger partial charge in [0.05, 0.1) is 5.69 Å². The van der Waals surface area contributed by atoms with Crippen LogP contribution in [0.3, 0.4) is 0 Å². The second-order valence-corrected chi connectivity index (χ2v) is 6.26. The minimum atomic E-state index is -0.300. The number of anilines is 1. The second kappa shape index (κ2) is 6.90. The summed E-state index contributed by atoms with van der Waals surface area (Å²) in [6, 6.07) is 12.9. The van der Waals surface area contributed by atoms with Gasteiger partial charge in [-0.25, -0.2) is 0 Å². The molecule has 0 fully saturated rings. The molecule has 25 heavy (non-hydrogen) atoms. The minimum Gasteiger partial charge on any atom is -0.506 e. The molecular formula is C18H18N4O2S. The van der Waals surface area contributed by atoms with E-state index in [1.807, 2.05) is 44.2 Å². The molecule has 0 radical (unpaired) electrons. The summed E-state index contributed by atoms with van der Waals surface area (Å²) in [4.78, 5) is 12.4. The van der Waals surface area contributed by atoms with Gasteiger partial charge in [0.15, 0.2) is 10.6 Å². The van der Waals surface area contributed by atoms with Crippen molar-refractivity contribution in [1.29, 1.82) is 0 Å². The number of carbonyl (C=O) groups is 1. The maximum Gasteiger partial charge on any atom is 0.244 e. The van der Waals surface area contributed by atoms with E-state index in [9.17, 15) is 9.90 Å². The van der Waals surface area contributed by atoms with Crippen LogP contribution in [0.1, 0.15) is 11.1 Å². The van der Waals surface area contributed by atoms with Crippen LogP contribution in [0, 0.1) is 18.6 Å². The number of hydrogen-bond acceptors (Lipinski definition) is 4. The molecule has 2 aromatic carbocycles. The van der Waals surface area contributed by atoms with E-state index in [4.69, 9.17) is 12.2 Å². The Hall–Kier alpha value is -2.93. The Morgan fingerprint density at radius 2 is 2.00 bits per heavy atom. The fraction of sp³-hybridized carbons (Fsp3) is 0.167. The summed E-state index contributed by atoms with van der Waals surface area (Å²) in [5, 5.41) is 19.6. The average molecular weight is 354 g/mol. The molecule has 3 N–H and O–H groups in total. The van der Waals surface area contributed by atoms with Gasteiger partial charge in [-0.3, -0.25) is 14.5 Å². The molecule has 0 aliphatic carbocycles. The zero-order valence-corrected chi connectivity index (χ0v) is 14.7. The molecule has 3 rings (SSSR count). The van der Waals surface area contributed by atoms with Crippen molar-refractivity contribution in [2.45, 2.75) is 20.4 Å². The predicted molar refractivity (Wildman–Crippen MR) is 99.1 cm³/mol. The van der Waals surface area contributed by atoms with Crippen LogP contribution in [-0.2, 0) is 11.3 Å². The molecule has 0 aliphatic rings. The summed E-state index contributed by atoms with van der Waals surface area (Å²) >= 11 is 5.25. The summed E-state index contributed by atoms with van der Waals surface area (Å²) in [5.41, 5.74) is 3.24. The van der Waals surface area contributed by atoms with Crippen molar-refractivity contribution in [2.75, 3.05) is 5.32 Å². The van der Waals surface area contributed by atoms with Crippen LogP contribution in [0.2, 0.25) is 0 Å². The number of hydrogen-bond donors (Lipinski definition) is 3. The highest BCUT2D eigenvalue weighted by molar-refractivity contribution is 7.71. The number of amides is 1. The Balaban J connectivity index is 1.84. The molecule has 0 atom stereocenters. The molecule has 6 nitrogen and oxygen atoms in total. The number of phenols is 1. The number of phenolic OH excluding ortho intramolecular Hbond substituents is 1. The van der Waals surface area contributed by atoms with Crippen molar-refractivity contribution in [3.8, 4) is 17.1 Å². The third-order valence-electron chi connectivity index (χ3n) is 3.76. The van der Waals surface area contributed by atoms with E-state index in [2.05, 4.69) is 15.5 Å². The van der Waals surface area contributed by atoms with Gasteiger partial charge in [0.2, 0.25) is 5.91 Å². The quantitative estimate of drug-likeness (QED) is 0.494. The summed E-state index contributed by atoms with van der Waals surface area (Å²) in [5.74, 6) is 0.325. The molecule has 1 aromatic heterocycles. The molecule has 0 aliphatic heterocycles. The van der Waals surface area contributed by atoms with Crippen LogP contribution in [0.5, 0.6) is 5.75 Å². The van der Waals surface area contributed by atoms with Gasteiger partial charge >= 0.3 is 0 Å². The Kier molecular flexibility index (Phi) is 4.67. The van der Waals surface area contributed by atoms with Crippen molar-refractivity contribution in [1.82, 2.24) is 14.8 Å². The number of rotatable bonds is 4. The maximum atomic E-state index is 12.4. The molecule has 0 saturated heterocycles. The molecular weight excluding hydrogens is 336 g/mol. The van der Waals surface area contributed by atoms with Gasteiger partial charge in [0.25, 0.3) is 0 Å². The molecule has 1 amide bonds. The molecule has 0 spiro atoms. The summed E-state index contributed by atoms with van der Waals surface area (Å²) < 4.78 is 1.99. The first kappa shape index (κ1) is 16.9. The molecule has 0 unspecified atom stereocenters. The van der Waals surface area contributed by atoms with E-state index in [1.54, 1.807) is 16.7 Å². The number of aromatic amines is 1. The minimum absolute atomic E-state index is 0.00801. The lowest BCUT2D eigenvalue weighted by molar-refractivity contribution is -0.116. The van der Waals surface area contributed by atoms with Crippen molar-refractivity contribution < 1.29 is 9.90 Å². The molecule has 1 heterocycles. The van der Waals surface area contributed by atoms with Gasteiger partial charge in [-0.15, -0.1) is 0 Å². The van der Waals surface area contributed by atoms with Gasteiger partial charge in [0.1, 0.15) is 12.3 Å². The van der Waals surface area contributed by atoms with Gasteiger partial charge in [-0.1, -0.05) is 29.8 Å². The van der Waals surface area contributed by atoms with Crippen LogP contribution in [0.25, 0.3) is 11.4 Å². The standard InChI is InChI=1S/C18H18N4O2S/c1-11-4-3-5-13(8-11)17-20-21-18(25)22(17)10-16(24)19-14-7-6-12(2)9-15(14)23/h3-9,23H,10H2,1-2H3,(H,19,24)(H,21,25). The van der Waals surface area contributed by atoms with Gasteiger partial charge in [0, 0.05) is 5.56 Å². The van der Waals surface area contributed by atoms with E-state index in [0.717, 1.165) is 16.7 Å². The Morgan fingerprint density at radius 1 is 1.24 bits per heavy atom. The van der Waals surface area contributed by atoms with Crippen molar-refractivity contribution in [2.24, 2.45) is 0 Å². The van der Waals surface area contributed by atoms with Crippen LogP contribution < -0.4 is 5.32 Å². The van der Waals surface area contributed by atoms with E-state index in [1.165, 1.54) is 0 Å². The third kappa shape index (κ3) is 3.77. The topological polar surface area (TPSA) is 82.9 Å². The van der Waals surface area contributed by atoms with E-state index >= 15 is 0 Å². The normalized spacial score (nSPS) is 10.6. The fourth-order valence-electron chi connectivity index (χ4n) is 2.55. The highest BCUT2D eigenvalue weighted by Crippen LogP contribution is 2.24. The predicted octanol–water partition coefficient (Wildman–Crippen LogP) is 3.57. The number of aryl methyl sites for hydroxylation is 2. The van der Waals surface area contributed by atoms with E-state index in [0.29, 0.717) is 16.3 Å². The molecule has 128 valence electrons. The largest absolute Gasteiger partial charge is 0.506 e. The molecule has 0 bridgehead atoms. The summed E-state index contributed by atoms with van der Waals surface area (Å²) in [6.07, 6.45) is 0. The summed E-state index contributed by atoms with van der Waals surface area (Å²) in [7, 11) is 0. The highest BCUT2D eigenvalue weighted by Gasteiger charge is 2.13. The lowest BCUT2D eigenvalue weighted by Crippen LogP contribution is -2.19. The second-order valence-electron chi connectivity index (χ2n) is 5.88. The lowest BCUT2D eigenvalue weighted by Gasteiger charge is -2.10. The van der Waals surface area contributed by atoms with Gasteiger partial charge < -0.3 is 10.4 Å². The highest BCUT2D eigenvalue weighted by atomic mass is 32.1.